The van der Waals surface area contributed by atoms with E-state index in [0.29, 0.717) is 0 Å². The third-order valence-electron chi connectivity index (χ3n) is 5.47. The molecule has 0 saturated heterocycles. The van der Waals surface area contributed by atoms with Crippen molar-refractivity contribution in [3.63, 3.8) is 0 Å². The number of hydrogen-bond acceptors (Lipinski definition) is 2. The first kappa shape index (κ1) is 20.7. The molecular formula is C25H30N6. The molecule has 31 heavy (non-hydrogen) atoms. The Morgan fingerprint density at radius 2 is 1.87 bits per heavy atom. The standard InChI is InChI=1S/C25H30N6/c1-19-8-9-22-21(17-30-23(22)16-19)10-12-28-25(26-2)29-13-11-24-27-14-15-31(24)18-20-6-4-3-5-7-20/h3-9,14-17,30H,10-13,18H2,1-2H3,(H2,26,28,29). The second kappa shape index (κ2) is 9.98. The summed E-state index contributed by atoms with van der Waals surface area (Å²) in [4.78, 5) is 12.2. The molecule has 3 N–H and O–H groups in total. The molecule has 0 aliphatic carbocycles. The average Bonchev–Trinajstić information content (AvgIpc) is 3.39. The summed E-state index contributed by atoms with van der Waals surface area (Å²) in [5.74, 6) is 1.89. The second-order valence-corrected chi connectivity index (χ2v) is 7.75. The number of fused-ring (bicyclic) bond motifs is 1. The molecule has 0 fully saturated rings. The number of nitrogens with zero attached hydrogens (tertiary/aromatic N) is 3. The molecule has 160 valence electrons. The van der Waals surface area contributed by atoms with E-state index in [1.165, 1.54) is 27.6 Å². The van der Waals surface area contributed by atoms with Gasteiger partial charge in [-0.2, -0.15) is 0 Å². The van der Waals surface area contributed by atoms with Gasteiger partial charge in [0.25, 0.3) is 0 Å². The first-order valence-electron chi connectivity index (χ1n) is 10.8. The molecule has 0 aliphatic heterocycles. The van der Waals surface area contributed by atoms with Gasteiger partial charge in [-0.1, -0.05) is 42.5 Å². The largest absolute Gasteiger partial charge is 0.361 e. The Bertz CT molecular complexity index is 1140. The van der Waals surface area contributed by atoms with Gasteiger partial charge in [-0.15, -0.1) is 0 Å². The van der Waals surface area contributed by atoms with E-state index in [4.69, 9.17) is 0 Å². The quantitative estimate of drug-likeness (QED) is 0.304. The number of aromatic nitrogens is 3. The fourth-order valence-corrected chi connectivity index (χ4v) is 3.83. The minimum absolute atomic E-state index is 0.776. The molecular weight excluding hydrogens is 384 g/mol. The third kappa shape index (κ3) is 5.34. The van der Waals surface area contributed by atoms with Gasteiger partial charge in [0.1, 0.15) is 5.82 Å². The molecule has 0 atom stereocenters. The zero-order chi connectivity index (χ0) is 21.5. The molecule has 2 aromatic carbocycles. The van der Waals surface area contributed by atoms with E-state index in [1.54, 1.807) is 7.05 Å². The van der Waals surface area contributed by atoms with Crippen LogP contribution < -0.4 is 10.6 Å². The first-order chi connectivity index (χ1) is 15.2. The summed E-state index contributed by atoms with van der Waals surface area (Å²) in [6.45, 7) is 4.56. The molecule has 0 spiro atoms. The molecule has 0 unspecified atom stereocenters. The van der Waals surface area contributed by atoms with Crippen LogP contribution in [0, 0.1) is 6.92 Å². The van der Waals surface area contributed by atoms with E-state index in [0.717, 1.165) is 44.3 Å². The maximum atomic E-state index is 4.53. The van der Waals surface area contributed by atoms with Crippen LogP contribution in [-0.2, 0) is 19.4 Å². The van der Waals surface area contributed by atoms with Crippen molar-refractivity contribution in [1.82, 2.24) is 25.2 Å². The zero-order valence-electron chi connectivity index (χ0n) is 18.2. The monoisotopic (exact) mass is 414 g/mol. The predicted molar refractivity (Wildman–Crippen MR) is 128 cm³/mol. The summed E-state index contributed by atoms with van der Waals surface area (Å²) in [5, 5.41) is 8.11. The summed E-state index contributed by atoms with van der Waals surface area (Å²) in [7, 11) is 1.81. The van der Waals surface area contributed by atoms with Crippen molar-refractivity contribution in [1.29, 1.82) is 0 Å². The Labute approximate surface area is 183 Å². The van der Waals surface area contributed by atoms with Crippen molar-refractivity contribution >= 4 is 16.9 Å². The highest BCUT2D eigenvalue weighted by Crippen LogP contribution is 2.19. The number of aryl methyl sites for hydroxylation is 1. The lowest BCUT2D eigenvalue weighted by atomic mass is 10.1. The molecule has 2 aromatic heterocycles. The van der Waals surface area contributed by atoms with Crippen LogP contribution in [-0.4, -0.2) is 40.6 Å². The fraction of sp³-hybridized carbons (Fsp3) is 0.280. The van der Waals surface area contributed by atoms with Crippen molar-refractivity contribution in [2.75, 3.05) is 20.1 Å². The lowest BCUT2D eigenvalue weighted by Crippen LogP contribution is -2.39. The van der Waals surface area contributed by atoms with Gasteiger partial charge in [-0.05, 0) is 36.1 Å². The zero-order valence-corrected chi connectivity index (χ0v) is 18.2. The summed E-state index contributed by atoms with van der Waals surface area (Å²) >= 11 is 0. The lowest BCUT2D eigenvalue weighted by molar-refractivity contribution is 0.693. The van der Waals surface area contributed by atoms with Crippen LogP contribution in [0.2, 0.25) is 0 Å². The smallest absolute Gasteiger partial charge is 0.191 e. The Balaban J connectivity index is 1.24. The molecule has 2 heterocycles. The number of nitrogens with one attached hydrogen (secondary N) is 3. The first-order valence-corrected chi connectivity index (χ1v) is 10.8. The minimum atomic E-state index is 0.776. The number of rotatable bonds is 8. The van der Waals surface area contributed by atoms with E-state index in [1.807, 2.05) is 18.5 Å². The Kier molecular flexibility index (Phi) is 6.67. The molecule has 4 rings (SSSR count). The summed E-state index contributed by atoms with van der Waals surface area (Å²) in [6, 6.07) is 17.0. The topological polar surface area (TPSA) is 70.0 Å². The normalized spacial score (nSPS) is 11.7. The second-order valence-electron chi connectivity index (χ2n) is 7.75. The van der Waals surface area contributed by atoms with Crippen LogP contribution in [0.15, 0.2) is 72.1 Å². The third-order valence-corrected chi connectivity index (χ3v) is 5.47. The number of imidazole rings is 1. The minimum Gasteiger partial charge on any atom is -0.361 e. The Hall–Kier alpha value is -3.54. The van der Waals surface area contributed by atoms with Crippen LogP contribution in [0.3, 0.4) is 0 Å². The van der Waals surface area contributed by atoms with Gasteiger partial charge in [0.15, 0.2) is 5.96 Å². The number of benzene rings is 2. The number of hydrogen-bond donors (Lipinski definition) is 3. The SMILES string of the molecule is CN=C(NCCc1c[nH]c2cc(C)ccc12)NCCc1nccn1Cc1ccccc1. The van der Waals surface area contributed by atoms with Gasteiger partial charge in [0.05, 0.1) is 0 Å². The van der Waals surface area contributed by atoms with Crippen LogP contribution in [0.1, 0.15) is 22.5 Å². The Morgan fingerprint density at radius 3 is 2.68 bits per heavy atom. The average molecular weight is 415 g/mol. The highest BCUT2D eigenvalue weighted by Gasteiger charge is 2.06. The summed E-state index contributed by atoms with van der Waals surface area (Å²) in [6.07, 6.45) is 7.79. The maximum Gasteiger partial charge on any atom is 0.191 e. The van der Waals surface area contributed by atoms with Gasteiger partial charge >= 0.3 is 0 Å². The van der Waals surface area contributed by atoms with Gasteiger partial charge < -0.3 is 20.2 Å². The number of aliphatic imine (C=N–C) groups is 1. The van der Waals surface area contributed by atoms with Crippen molar-refractivity contribution in [3.8, 4) is 0 Å². The van der Waals surface area contributed by atoms with Crippen molar-refractivity contribution in [3.05, 3.63) is 89.6 Å². The van der Waals surface area contributed by atoms with Crippen LogP contribution in [0.25, 0.3) is 10.9 Å². The van der Waals surface area contributed by atoms with Crippen molar-refractivity contribution in [2.45, 2.75) is 26.3 Å². The molecule has 0 radical (unpaired) electrons. The number of H-pyrrole nitrogens is 1. The Morgan fingerprint density at radius 1 is 1.06 bits per heavy atom. The van der Waals surface area contributed by atoms with E-state index < -0.39 is 0 Å². The summed E-state index contributed by atoms with van der Waals surface area (Å²) in [5.41, 5.74) is 5.07. The molecule has 0 amide bonds. The van der Waals surface area contributed by atoms with Gasteiger partial charge in [-0.3, -0.25) is 4.99 Å². The van der Waals surface area contributed by atoms with Crippen LogP contribution >= 0.6 is 0 Å². The molecule has 6 nitrogen and oxygen atoms in total. The van der Waals surface area contributed by atoms with E-state index in [9.17, 15) is 0 Å². The van der Waals surface area contributed by atoms with E-state index >= 15 is 0 Å². The van der Waals surface area contributed by atoms with E-state index in [2.05, 4.69) is 85.7 Å². The van der Waals surface area contributed by atoms with Crippen molar-refractivity contribution in [2.24, 2.45) is 4.99 Å². The molecule has 0 aliphatic rings. The number of guanidine groups is 1. The molecule has 6 heteroatoms. The molecule has 0 saturated carbocycles. The van der Waals surface area contributed by atoms with E-state index in [-0.39, 0.29) is 0 Å². The van der Waals surface area contributed by atoms with Crippen LogP contribution in [0.4, 0.5) is 0 Å². The number of aromatic amines is 1. The van der Waals surface area contributed by atoms with Gasteiger partial charge in [-0.25, -0.2) is 4.98 Å². The van der Waals surface area contributed by atoms with Gasteiger partial charge in [0, 0.05) is 62.6 Å². The highest BCUT2D eigenvalue weighted by atomic mass is 15.2. The predicted octanol–water partition coefficient (Wildman–Crippen LogP) is 3.67. The molecule has 0 bridgehead atoms. The summed E-state index contributed by atoms with van der Waals surface area (Å²) < 4.78 is 2.20. The van der Waals surface area contributed by atoms with Crippen molar-refractivity contribution < 1.29 is 0 Å². The molecule has 4 aromatic rings. The highest BCUT2D eigenvalue weighted by molar-refractivity contribution is 5.84. The lowest BCUT2D eigenvalue weighted by Gasteiger charge is -2.12. The maximum absolute atomic E-state index is 4.53. The van der Waals surface area contributed by atoms with Crippen LogP contribution in [0.5, 0.6) is 0 Å². The fourth-order valence-electron chi connectivity index (χ4n) is 3.83. The van der Waals surface area contributed by atoms with Gasteiger partial charge in [0.2, 0.25) is 0 Å².